The number of likely N-dealkylation sites (tertiary alicyclic amines) is 1. The number of carbonyl (C=O) groups is 3. The lowest BCUT2D eigenvalue weighted by atomic mass is 9.85. The summed E-state index contributed by atoms with van der Waals surface area (Å²) in [5.41, 5.74) is -1.92. The average molecular weight is 536 g/mol. The predicted molar refractivity (Wildman–Crippen MR) is 126 cm³/mol. The van der Waals surface area contributed by atoms with Gasteiger partial charge in [0.05, 0.1) is 11.8 Å². The highest BCUT2D eigenvalue weighted by atomic mass is 19.4. The van der Waals surface area contributed by atoms with E-state index in [0.717, 1.165) is 6.07 Å². The van der Waals surface area contributed by atoms with E-state index in [1.807, 2.05) is 19.9 Å². The number of aromatic nitrogens is 3. The van der Waals surface area contributed by atoms with Crippen molar-refractivity contribution in [1.29, 1.82) is 5.26 Å². The molecular formula is C24H28F3N7O4. The first kappa shape index (κ1) is 27.2. The summed E-state index contributed by atoms with van der Waals surface area (Å²) in [6, 6.07) is -0.976. The predicted octanol–water partition coefficient (Wildman–Crippen LogP) is 1.28. The quantitative estimate of drug-likeness (QED) is 0.525. The van der Waals surface area contributed by atoms with Crippen molar-refractivity contribution >= 4 is 23.5 Å². The molecule has 2 aromatic rings. The Kier molecular flexibility index (Phi) is 6.32. The van der Waals surface area contributed by atoms with Crippen LogP contribution in [0.15, 0.2) is 23.3 Å². The Labute approximate surface area is 215 Å². The van der Waals surface area contributed by atoms with Crippen molar-refractivity contribution in [3.63, 3.8) is 0 Å². The number of piperidine rings is 1. The van der Waals surface area contributed by atoms with Crippen LogP contribution in [0.1, 0.15) is 46.4 Å². The van der Waals surface area contributed by atoms with Crippen LogP contribution >= 0.6 is 0 Å². The summed E-state index contributed by atoms with van der Waals surface area (Å²) in [7, 11) is 0. The number of alkyl halides is 3. The van der Waals surface area contributed by atoms with Crippen molar-refractivity contribution in [2.75, 3.05) is 6.54 Å². The van der Waals surface area contributed by atoms with Crippen LogP contribution in [0.5, 0.6) is 0 Å². The number of hydrogen-bond donors (Lipinski definition) is 3. The number of fused-ring (bicyclic) bond motifs is 2. The SMILES string of the molecule is CC(C)(C)[C@H](NC(=O)C(F)(F)F)C(=O)N1C[C@H]2[C@@H]([C@H]1C(=O)NC(C#N)c1cc(=O)n3cc[nH]c3n1)C2(C)C. The van der Waals surface area contributed by atoms with Gasteiger partial charge in [0, 0.05) is 25.0 Å². The zero-order valence-corrected chi connectivity index (χ0v) is 21.4. The molecule has 0 bridgehead atoms. The number of imidazole rings is 1. The number of nitriles is 1. The Hall–Kier alpha value is -3.89. The van der Waals surface area contributed by atoms with Gasteiger partial charge in [-0.2, -0.15) is 18.4 Å². The maximum absolute atomic E-state index is 13.6. The standard InChI is InChI=1S/C24H28F3N7O4/c1-22(2,3)17(32-20(38)24(25,26)27)19(37)34-10-11-15(23(11,4)5)16(34)18(36)30-13(9-28)12-8-14(35)33-7-6-29-21(33)31-12/h6-8,11,13,15-17H,10H2,1-5H3,(H,29,31)(H,30,36)(H,32,38)/t11-,13?,15-,16-,17+/m0/s1. The van der Waals surface area contributed by atoms with Gasteiger partial charge >= 0.3 is 12.1 Å². The molecule has 1 aliphatic heterocycles. The fourth-order valence-corrected chi connectivity index (χ4v) is 5.33. The molecule has 0 aromatic carbocycles. The second kappa shape index (κ2) is 8.85. The summed E-state index contributed by atoms with van der Waals surface area (Å²) in [5.74, 6) is -4.02. The first-order chi connectivity index (χ1) is 17.5. The second-order valence-electron chi connectivity index (χ2n) is 11.4. The molecule has 1 saturated heterocycles. The first-order valence-corrected chi connectivity index (χ1v) is 11.9. The van der Waals surface area contributed by atoms with Gasteiger partial charge in [0.2, 0.25) is 17.6 Å². The van der Waals surface area contributed by atoms with Crippen molar-refractivity contribution in [1.82, 2.24) is 29.9 Å². The van der Waals surface area contributed by atoms with E-state index >= 15 is 0 Å². The van der Waals surface area contributed by atoms with E-state index in [0.29, 0.717) is 0 Å². The van der Waals surface area contributed by atoms with E-state index in [9.17, 15) is 37.6 Å². The molecule has 2 aliphatic rings. The highest BCUT2D eigenvalue weighted by Gasteiger charge is 2.70. The topological polar surface area (TPSA) is 152 Å². The summed E-state index contributed by atoms with van der Waals surface area (Å²) in [6.45, 7) is 8.47. The molecule has 3 amide bonds. The van der Waals surface area contributed by atoms with Crippen molar-refractivity contribution in [2.24, 2.45) is 22.7 Å². The molecule has 3 N–H and O–H groups in total. The highest BCUT2D eigenvalue weighted by molar-refractivity contribution is 5.95. The fraction of sp³-hybridized carbons (Fsp3) is 0.583. The van der Waals surface area contributed by atoms with Gasteiger partial charge < -0.3 is 20.5 Å². The molecule has 38 heavy (non-hydrogen) atoms. The van der Waals surface area contributed by atoms with Crippen LogP contribution in [-0.4, -0.2) is 61.8 Å². The monoisotopic (exact) mass is 535 g/mol. The van der Waals surface area contributed by atoms with Crippen molar-refractivity contribution < 1.29 is 27.6 Å². The largest absolute Gasteiger partial charge is 0.471 e. The molecule has 2 aromatic heterocycles. The normalized spacial score (nSPS) is 23.8. The van der Waals surface area contributed by atoms with Crippen molar-refractivity contribution in [3.05, 3.63) is 34.5 Å². The van der Waals surface area contributed by atoms with E-state index in [2.05, 4.69) is 15.3 Å². The van der Waals surface area contributed by atoms with Gasteiger partial charge in [-0.15, -0.1) is 0 Å². The second-order valence-corrected chi connectivity index (χ2v) is 11.4. The third-order valence-corrected chi connectivity index (χ3v) is 7.53. The zero-order chi connectivity index (χ0) is 28.4. The van der Waals surface area contributed by atoms with Crippen molar-refractivity contribution in [3.8, 4) is 6.07 Å². The molecule has 204 valence electrons. The van der Waals surface area contributed by atoms with Crippen molar-refractivity contribution in [2.45, 2.75) is 58.9 Å². The number of rotatable bonds is 5. The lowest BCUT2D eigenvalue weighted by Crippen LogP contribution is -2.60. The minimum absolute atomic E-state index is 0.0132. The number of nitrogens with one attached hydrogen (secondary N) is 3. The minimum atomic E-state index is -5.19. The highest BCUT2D eigenvalue weighted by Crippen LogP contribution is 2.65. The molecule has 4 rings (SSSR count). The molecular weight excluding hydrogens is 507 g/mol. The molecule has 3 heterocycles. The summed E-state index contributed by atoms with van der Waals surface area (Å²) >= 11 is 0. The average Bonchev–Trinajstić information content (AvgIpc) is 3.22. The van der Waals surface area contributed by atoms with E-state index in [4.69, 9.17) is 0 Å². The molecule has 0 radical (unpaired) electrons. The van der Waals surface area contributed by atoms with E-state index in [-0.39, 0.29) is 35.3 Å². The molecule has 1 unspecified atom stereocenters. The van der Waals surface area contributed by atoms with Gasteiger partial charge in [0.25, 0.3) is 5.56 Å². The molecule has 14 heteroatoms. The van der Waals surface area contributed by atoms with Gasteiger partial charge in [-0.3, -0.25) is 23.6 Å². The summed E-state index contributed by atoms with van der Waals surface area (Å²) in [6.07, 6.45) is -2.26. The number of carbonyl (C=O) groups excluding carboxylic acids is 3. The van der Waals surface area contributed by atoms with Crippen LogP contribution in [0, 0.1) is 34.0 Å². The fourth-order valence-electron chi connectivity index (χ4n) is 5.33. The smallest absolute Gasteiger partial charge is 0.336 e. The van der Waals surface area contributed by atoms with Gasteiger partial charge in [-0.25, -0.2) is 4.98 Å². The number of H-pyrrole nitrogens is 1. The van der Waals surface area contributed by atoms with Gasteiger partial charge in [0.1, 0.15) is 12.1 Å². The van der Waals surface area contributed by atoms with Gasteiger partial charge in [0.15, 0.2) is 6.04 Å². The van der Waals surface area contributed by atoms with Crippen LogP contribution in [0.3, 0.4) is 0 Å². The van der Waals surface area contributed by atoms with Gasteiger partial charge in [-0.05, 0) is 22.7 Å². The third-order valence-electron chi connectivity index (χ3n) is 7.53. The molecule has 0 spiro atoms. The van der Waals surface area contributed by atoms with E-state index in [1.165, 1.54) is 42.5 Å². The molecule has 2 fully saturated rings. The zero-order valence-electron chi connectivity index (χ0n) is 21.4. The number of hydrogen-bond acceptors (Lipinski definition) is 6. The number of halogens is 3. The lowest BCUT2D eigenvalue weighted by molar-refractivity contribution is -0.176. The third kappa shape index (κ3) is 4.61. The van der Waals surface area contributed by atoms with Crippen LogP contribution in [0.4, 0.5) is 13.2 Å². The summed E-state index contributed by atoms with van der Waals surface area (Å²) in [4.78, 5) is 59.3. The maximum atomic E-state index is 13.6. The Morgan fingerprint density at radius 2 is 1.89 bits per heavy atom. The first-order valence-electron chi connectivity index (χ1n) is 11.9. The Morgan fingerprint density at radius 3 is 2.47 bits per heavy atom. The number of aromatic amines is 1. The number of nitrogens with zero attached hydrogens (tertiary/aromatic N) is 4. The minimum Gasteiger partial charge on any atom is -0.336 e. The Bertz CT molecular complexity index is 1400. The van der Waals surface area contributed by atoms with Crippen LogP contribution in [0.2, 0.25) is 0 Å². The molecule has 1 aliphatic carbocycles. The maximum Gasteiger partial charge on any atom is 0.471 e. The number of amides is 3. The van der Waals surface area contributed by atoms with E-state index in [1.54, 1.807) is 5.32 Å². The molecule has 1 saturated carbocycles. The van der Waals surface area contributed by atoms with Crippen LogP contribution in [-0.2, 0) is 14.4 Å². The van der Waals surface area contributed by atoms with Crippen LogP contribution in [0.25, 0.3) is 5.78 Å². The summed E-state index contributed by atoms with van der Waals surface area (Å²) < 4.78 is 40.2. The lowest BCUT2D eigenvalue weighted by Gasteiger charge is -2.37. The Balaban J connectivity index is 1.62. The van der Waals surface area contributed by atoms with Gasteiger partial charge in [-0.1, -0.05) is 34.6 Å². The summed E-state index contributed by atoms with van der Waals surface area (Å²) in [5, 5.41) is 14.1. The molecule has 11 nitrogen and oxygen atoms in total. The Morgan fingerprint density at radius 1 is 1.24 bits per heavy atom. The van der Waals surface area contributed by atoms with Crippen LogP contribution < -0.4 is 16.2 Å². The van der Waals surface area contributed by atoms with E-state index < -0.39 is 53.0 Å². The molecule has 5 atom stereocenters.